The van der Waals surface area contributed by atoms with Gasteiger partial charge in [0.25, 0.3) is 0 Å². The molecule has 0 radical (unpaired) electrons. The number of methoxy groups -OCH3 is 2. The molecule has 0 aliphatic heterocycles. The summed E-state index contributed by atoms with van der Waals surface area (Å²) in [5.74, 6) is 2.66. The maximum atomic E-state index is 7.44. The third kappa shape index (κ3) is 4.51. The van der Waals surface area contributed by atoms with Gasteiger partial charge in [0.05, 0.1) is 0 Å². The molecule has 166 valence electrons. The molecule has 0 spiro atoms. The van der Waals surface area contributed by atoms with Crippen LogP contribution >= 0.6 is 0 Å². The van der Waals surface area contributed by atoms with E-state index in [9.17, 15) is 0 Å². The van der Waals surface area contributed by atoms with E-state index in [0.717, 1.165) is 33.4 Å². The molecule has 7 heteroatoms. The van der Waals surface area contributed by atoms with Crippen molar-refractivity contribution in [2.45, 2.75) is 26.4 Å². The molecule has 0 fully saturated rings. The summed E-state index contributed by atoms with van der Waals surface area (Å²) >= 11 is 0.158. The minimum atomic E-state index is -2.17. The molecule has 4 rings (SSSR count). The third-order valence-electron chi connectivity index (χ3n) is 5.32. The first-order chi connectivity index (χ1) is 16.7. The van der Waals surface area contributed by atoms with E-state index in [1.807, 2.05) is 43.3 Å². The summed E-state index contributed by atoms with van der Waals surface area (Å²) in [7, 11) is 3.22. The predicted octanol–water partition coefficient (Wildman–Crippen LogP) is 4.57. The number of nitrogens with one attached hydrogen (secondary N) is 2. The van der Waals surface area contributed by atoms with Crippen molar-refractivity contribution >= 4 is 31.2 Å². The Kier molecular flexibility index (Phi) is 5.69. The molecular weight excluding hydrogens is 467 g/mol. The Labute approximate surface area is 199 Å². The molecule has 4 aromatic rings. The second-order valence-corrected chi connectivity index (χ2v) is 9.44. The number of hydrogen-bond donors (Lipinski definition) is 2. The molecule has 0 amide bonds. The van der Waals surface area contributed by atoms with Gasteiger partial charge in [-0.05, 0) is 0 Å². The normalized spacial score (nSPS) is 13.8. The van der Waals surface area contributed by atoms with Gasteiger partial charge >= 0.3 is 199 Å². The zero-order valence-corrected chi connectivity index (χ0v) is 20.2. The van der Waals surface area contributed by atoms with Crippen LogP contribution in [0.3, 0.4) is 0 Å². The van der Waals surface area contributed by atoms with Gasteiger partial charge in [0, 0.05) is 0 Å². The van der Waals surface area contributed by atoms with Gasteiger partial charge in [-0.3, -0.25) is 0 Å². The van der Waals surface area contributed by atoms with Crippen LogP contribution < -0.4 is 20.1 Å². The SMILES string of the molecule is [2H]C([2H])([2H])NCc1ccccc1-c1c[se]c(C(C)Nc2nc(C)nc3cc(OC)c(OC)cc23)c1. The van der Waals surface area contributed by atoms with Gasteiger partial charge in [0.15, 0.2) is 0 Å². The van der Waals surface area contributed by atoms with E-state index in [2.05, 4.69) is 38.5 Å². The molecule has 0 saturated carbocycles. The summed E-state index contributed by atoms with van der Waals surface area (Å²) in [4.78, 5) is 11.5. The van der Waals surface area contributed by atoms with Crippen molar-refractivity contribution < 1.29 is 13.6 Å². The first-order valence-electron chi connectivity index (χ1n) is 11.8. The molecule has 2 aromatic heterocycles. The van der Waals surface area contributed by atoms with E-state index < -0.39 is 6.98 Å². The molecule has 0 aliphatic rings. The van der Waals surface area contributed by atoms with Crippen LogP contribution in [0.5, 0.6) is 11.5 Å². The molecule has 0 bridgehead atoms. The molecular formula is C25H28N4O2Se. The van der Waals surface area contributed by atoms with Crippen molar-refractivity contribution in [3.63, 3.8) is 0 Å². The summed E-state index contributed by atoms with van der Waals surface area (Å²) in [5, 5.41) is 7.05. The van der Waals surface area contributed by atoms with Crippen molar-refractivity contribution in [2.75, 3.05) is 26.5 Å². The Morgan fingerprint density at radius 2 is 1.88 bits per heavy atom. The standard InChI is InChI=1S/C25H28N4O2Se/c1-15(24-10-18(14-32-24)19-9-7-6-8-17(19)13-26-3)27-25-20-11-22(30-4)23(31-5)12-21(20)28-16(2)29-25/h6-12,14-15,26H,13H2,1-5H3,(H,27,28,29)/i3D3. The molecule has 2 heterocycles. The van der Waals surface area contributed by atoms with E-state index in [1.165, 1.54) is 4.44 Å². The van der Waals surface area contributed by atoms with Crippen LogP contribution in [0.25, 0.3) is 22.0 Å². The quantitative estimate of drug-likeness (QED) is 0.347. The maximum absolute atomic E-state index is 7.44. The summed E-state index contributed by atoms with van der Waals surface area (Å²) in [6.45, 7) is 2.10. The van der Waals surface area contributed by atoms with Crippen molar-refractivity contribution in [3.8, 4) is 22.6 Å². The summed E-state index contributed by atoms with van der Waals surface area (Å²) in [5.41, 5.74) is 3.91. The number of rotatable bonds is 8. The number of fused-ring (bicyclic) bond motifs is 1. The van der Waals surface area contributed by atoms with Crippen LogP contribution in [0.15, 0.2) is 47.4 Å². The minimum absolute atomic E-state index is 0.0435. The monoisotopic (exact) mass is 499 g/mol. The first-order valence-corrected chi connectivity index (χ1v) is 12.1. The Morgan fingerprint density at radius 3 is 2.66 bits per heavy atom. The number of anilines is 1. The van der Waals surface area contributed by atoms with Crippen molar-refractivity contribution in [3.05, 3.63) is 63.2 Å². The van der Waals surface area contributed by atoms with Crippen LogP contribution in [0.1, 0.15) is 32.9 Å². The van der Waals surface area contributed by atoms with Crippen LogP contribution in [0, 0.1) is 6.92 Å². The van der Waals surface area contributed by atoms with E-state index >= 15 is 0 Å². The van der Waals surface area contributed by atoms with E-state index in [-0.39, 0.29) is 27.1 Å². The molecule has 6 nitrogen and oxygen atoms in total. The van der Waals surface area contributed by atoms with E-state index in [1.54, 1.807) is 14.2 Å². The molecule has 1 unspecified atom stereocenters. The zero-order valence-electron chi connectivity index (χ0n) is 21.5. The average molecular weight is 499 g/mol. The van der Waals surface area contributed by atoms with Gasteiger partial charge < -0.3 is 0 Å². The van der Waals surface area contributed by atoms with Gasteiger partial charge in [-0.1, -0.05) is 0 Å². The number of aromatic nitrogens is 2. The Hall–Kier alpha value is -2.86. The molecule has 2 N–H and O–H groups in total. The predicted molar refractivity (Wildman–Crippen MR) is 131 cm³/mol. The molecule has 1 atom stereocenters. The van der Waals surface area contributed by atoms with Crippen molar-refractivity contribution in [1.82, 2.24) is 15.3 Å². The van der Waals surface area contributed by atoms with Crippen LogP contribution in [-0.4, -0.2) is 45.7 Å². The van der Waals surface area contributed by atoms with Crippen LogP contribution in [0.2, 0.25) is 0 Å². The van der Waals surface area contributed by atoms with Gasteiger partial charge in [0.1, 0.15) is 0 Å². The van der Waals surface area contributed by atoms with Gasteiger partial charge in [-0.2, -0.15) is 0 Å². The van der Waals surface area contributed by atoms with Gasteiger partial charge in [-0.25, -0.2) is 0 Å². The fraction of sp³-hybridized carbons (Fsp3) is 0.280. The summed E-state index contributed by atoms with van der Waals surface area (Å²) < 4.78 is 34.5. The van der Waals surface area contributed by atoms with Gasteiger partial charge in [0.2, 0.25) is 0 Å². The van der Waals surface area contributed by atoms with Crippen LogP contribution in [-0.2, 0) is 6.54 Å². The summed E-state index contributed by atoms with van der Waals surface area (Å²) in [6.07, 6.45) is 0. The Bertz CT molecular complexity index is 1340. The number of ether oxygens (including phenoxy) is 2. The Morgan fingerprint density at radius 1 is 1.09 bits per heavy atom. The molecule has 32 heavy (non-hydrogen) atoms. The number of nitrogens with zero attached hydrogens (tertiary/aromatic N) is 2. The van der Waals surface area contributed by atoms with E-state index in [4.69, 9.17) is 13.6 Å². The molecule has 0 aliphatic carbocycles. The summed E-state index contributed by atoms with van der Waals surface area (Å²) in [6, 6.07) is 13.9. The van der Waals surface area contributed by atoms with Crippen LogP contribution in [0.4, 0.5) is 5.82 Å². The first kappa shape index (κ1) is 18.7. The van der Waals surface area contributed by atoms with E-state index in [0.29, 0.717) is 17.3 Å². The Balaban J connectivity index is 1.62. The number of aryl methyl sites for hydroxylation is 1. The average Bonchev–Trinajstić information content (AvgIpc) is 3.32. The number of benzene rings is 2. The van der Waals surface area contributed by atoms with Gasteiger partial charge in [-0.15, -0.1) is 0 Å². The fourth-order valence-electron chi connectivity index (χ4n) is 3.73. The zero-order chi connectivity index (χ0) is 25.2. The third-order valence-corrected chi connectivity index (χ3v) is 7.66. The fourth-order valence-corrected chi connectivity index (χ4v) is 5.65. The second-order valence-electron chi connectivity index (χ2n) is 7.46. The number of hydrogen-bond acceptors (Lipinski definition) is 6. The topological polar surface area (TPSA) is 68.3 Å². The second kappa shape index (κ2) is 9.74. The molecule has 0 saturated heterocycles. The molecule has 2 aromatic carbocycles. The van der Waals surface area contributed by atoms with Crippen molar-refractivity contribution in [2.24, 2.45) is 0 Å². The van der Waals surface area contributed by atoms with Crippen molar-refractivity contribution in [1.29, 1.82) is 0 Å².